The summed E-state index contributed by atoms with van der Waals surface area (Å²) in [6.07, 6.45) is 1.61. The van der Waals surface area contributed by atoms with Crippen LogP contribution in [0.5, 0.6) is 11.5 Å². The van der Waals surface area contributed by atoms with Gasteiger partial charge in [-0.1, -0.05) is 72.4 Å². The number of benzene rings is 3. The SMILES string of the molecule is O=C1CSC(=NN=Cc2cc(OCc3ccccc3)cc(OCc3ccccc3)c2)N1. The molecule has 156 valence electrons. The summed E-state index contributed by atoms with van der Waals surface area (Å²) in [5.74, 6) is 1.65. The minimum Gasteiger partial charge on any atom is -0.489 e. The Morgan fingerprint density at radius 2 is 1.45 bits per heavy atom. The van der Waals surface area contributed by atoms with Crippen LogP contribution in [0.1, 0.15) is 16.7 Å². The molecular weight excluding hydrogens is 410 g/mol. The molecule has 6 nitrogen and oxygen atoms in total. The third-order valence-electron chi connectivity index (χ3n) is 4.34. The van der Waals surface area contributed by atoms with Crippen molar-refractivity contribution in [2.45, 2.75) is 13.2 Å². The van der Waals surface area contributed by atoms with Crippen LogP contribution in [0.3, 0.4) is 0 Å². The van der Waals surface area contributed by atoms with Crippen molar-refractivity contribution in [3.8, 4) is 11.5 Å². The van der Waals surface area contributed by atoms with E-state index >= 15 is 0 Å². The van der Waals surface area contributed by atoms with Crippen molar-refractivity contribution in [1.29, 1.82) is 0 Å². The molecule has 0 atom stereocenters. The number of ether oxygens (including phenoxy) is 2. The summed E-state index contributed by atoms with van der Waals surface area (Å²) in [4.78, 5) is 11.3. The maximum absolute atomic E-state index is 11.3. The second kappa shape index (κ2) is 10.4. The average molecular weight is 432 g/mol. The molecule has 1 N–H and O–H groups in total. The minimum absolute atomic E-state index is 0.0631. The molecule has 0 saturated carbocycles. The summed E-state index contributed by atoms with van der Waals surface area (Å²) in [6, 6.07) is 25.6. The van der Waals surface area contributed by atoms with Crippen LogP contribution >= 0.6 is 11.8 Å². The van der Waals surface area contributed by atoms with Crippen molar-refractivity contribution >= 4 is 29.1 Å². The highest BCUT2D eigenvalue weighted by molar-refractivity contribution is 8.15. The molecule has 1 heterocycles. The fourth-order valence-corrected chi connectivity index (χ4v) is 3.47. The molecule has 0 bridgehead atoms. The Kier molecular flexibility index (Phi) is 6.97. The van der Waals surface area contributed by atoms with Gasteiger partial charge >= 0.3 is 0 Å². The maximum Gasteiger partial charge on any atom is 0.236 e. The van der Waals surface area contributed by atoms with Gasteiger partial charge < -0.3 is 14.8 Å². The lowest BCUT2D eigenvalue weighted by atomic mass is 10.2. The lowest BCUT2D eigenvalue weighted by Crippen LogP contribution is -2.19. The van der Waals surface area contributed by atoms with Crippen molar-refractivity contribution in [2.24, 2.45) is 10.2 Å². The number of amides is 1. The van der Waals surface area contributed by atoms with Gasteiger partial charge in [-0.3, -0.25) is 4.79 Å². The van der Waals surface area contributed by atoms with Crippen LogP contribution in [0.15, 0.2) is 89.1 Å². The summed E-state index contributed by atoms with van der Waals surface area (Å²) < 4.78 is 12.0. The number of nitrogens with zero attached hydrogens (tertiary/aromatic N) is 2. The maximum atomic E-state index is 11.3. The minimum atomic E-state index is -0.0631. The van der Waals surface area contributed by atoms with Gasteiger partial charge in [0.2, 0.25) is 5.91 Å². The molecule has 1 aliphatic rings. The van der Waals surface area contributed by atoms with E-state index in [1.807, 2.05) is 78.9 Å². The van der Waals surface area contributed by atoms with Gasteiger partial charge in [-0.2, -0.15) is 5.10 Å². The van der Waals surface area contributed by atoms with E-state index in [0.29, 0.717) is 35.6 Å². The molecule has 1 fully saturated rings. The molecule has 7 heteroatoms. The zero-order chi connectivity index (χ0) is 21.3. The molecule has 1 aliphatic heterocycles. The first-order valence-corrected chi connectivity index (χ1v) is 10.8. The standard InChI is InChI=1S/C24H21N3O3S/c28-23-17-31-24(26-23)27-25-14-20-11-21(29-15-18-7-3-1-4-8-18)13-22(12-20)30-16-19-9-5-2-6-10-19/h1-14H,15-17H2,(H,26,27,28). The first-order chi connectivity index (χ1) is 15.2. The lowest BCUT2D eigenvalue weighted by molar-refractivity contribution is -0.116. The van der Waals surface area contributed by atoms with E-state index in [1.54, 1.807) is 6.21 Å². The number of rotatable bonds is 8. The van der Waals surface area contributed by atoms with Crippen LogP contribution in [0.25, 0.3) is 0 Å². The molecule has 4 rings (SSSR count). The van der Waals surface area contributed by atoms with Crippen molar-refractivity contribution in [2.75, 3.05) is 5.75 Å². The Hall–Kier alpha value is -3.58. The lowest BCUT2D eigenvalue weighted by Gasteiger charge is -2.11. The van der Waals surface area contributed by atoms with Gasteiger partial charge in [0, 0.05) is 11.6 Å². The molecule has 3 aromatic carbocycles. The van der Waals surface area contributed by atoms with Crippen molar-refractivity contribution in [1.82, 2.24) is 5.32 Å². The van der Waals surface area contributed by atoms with Crippen molar-refractivity contribution < 1.29 is 14.3 Å². The van der Waals surface area contributed by atoms with E-state index in [4.69, 9.17) is 9.47 Å². The van der Waals surface area contributed by atoms with Crippen LogP contribution in [-0.4, -0.2) is 23.0 Å². The Bertz CT molecular complexity index is 1020. The summed E-state index contributed by atoms with van der Waals surface area (Å²) in [7, 11) is 0. The monoisotopic (exact) mass is 431 g/mol. The van der Waals surface area contributed by atoms with E-state index in [2.05, 4.69) is 15.5 Å². The highest BCUT2D eigenvalue weighted by atomic mass is 32.2. The van der Waals surface area contributed by atoms with E-state index < -0.39 is 0 Å². The molecule has 0 aliphatic carbocycles. The fraction of sp³-hybridized carbons (Fsp3) is 0.125. The molecule has 1 amide bonds. The molecular formula is C24H21N3O3S. The Morgan fingerprint density at radius 3 is 1.97 bits per heavy atom. The second-order valence-corrected chi connectivity index (χ2v) is 7.74. The third-order valence-corrected chi connectivity index (χ3v) is 5.20. The van der Waals surface area contributed by atoms with Gasteiger partial charge in [0.15, 0.2) is 5.17 Å². The topological polar surface area (TPSA) is 72.3 Å². The number of nitrogens with one attached hydrogen (secondary N) is 1. The van der Waals surface area contributed by atoms with E-state index in [0.717, 1.165) is 16.7 Å². The first kappa shape index (κ1) is 20.7. The van der Waals surface area contributed by atoms with Gasteiger partial charge in [0.1, 0.15) is 24.7 Å². The van der Waals surface area contributed by atoms with Gasteiger partial charge in [-0.05, 0) is 23.3 Å². The van der Waals surface area contributed by atoms with E-state index in [-0.39, 0.29) is 5.91 Å². The second-order valence-electron chi connectivity index (χ2n) is 6.77. The smallest absolute Gasteiger partial charge is 0.236 e. The van der Waals surface area contributed by atoms with Crippen molar-refractivity contribution in [3.63, 3.8) is 0 Å². The number of carbonyl (C=O) groups is 1. The zero-order valence-corrected chi connectivity index (χ0v) is 17.5. The Labute approximate surface area is 185 Å². The van der Waals surface area contributed by atoms with Gasteiger partial charge in [0.25, 0.3) is 0 Å². The molecule has 1 saturated heterocycles. The van der Waals surface area contributed by atoms with Crippen LogP contribution in [0.4, 0.5) is 0 Å². The fourth-order valence-electron chi connectivity index (χ4n) is 2.84. The van der Waals surface area contributed by atoms with Gasteiger partial charge in [0.05, 0.1) is 12.0 Å². The highest BCUT2D eigenvalue weighted by Crippen LogP contribution is 2.24. The number of hydrogen-bond donors (Lipinski definition) is 1. The Balaban J connectivity index is 1.49. The third kappa shape index (κ3) is 6.45. The van der Waals surface area contributed by atoms with Crippen LogP contribution in [-0.2, 0) is 18.0 Å². The zero-order valence-electron chi connectivity index (χ0n) is 16.7. The molecule has 3 aromatic rings. The molecule has 0 aromatic heterocycles. The predicted octanol–water partition coefficient (Wildman–Crippen LogP) is 4.40. The predicted molar refractivity (Wildman–Crippen MR) is 124 cm³/mol. The van der Waals surface area contributed by atoms with Crippen LogP contribution in [0.2, 0.25) is 0 Å². The first-order valence-electron chi connectivity index (χ1n) is 9.77. The van der Waals surface area contributed by atoms with Gasteiger partial charge in [-0.25, -0.2) is 0 Å². The number of amidine groups is 1. The van der Waals surface area contributed by atoms with Crippen LogP contribution in [0, 0.1) is 0 Å². The average Bonchev–Trinajstić information content (AvgIpc) is 3.22. The van der Waals surface area contributed by atoms with E-state index in [1.165, 1.54) is 11.8 Å². The van der Waals surface area contributed by atoms with Crippen molar-refractivity contribution in [3.05, 3.63) is 95.6 Å². The summed E-state index contributed by atoms with van der Waals surface area (Å²) >= 11 is 1.33. The number of carbonyl (C=O) groups excluding carboxylic acids is 1. The van der Waals surface area contributed by atoms with Crippen LogP contribution < -0.4 is 14.8 Å². The molecule has 0 spiro atoms. The molecule has 31 heavy (non-hydrogen) atoms. The highest BCUT2D eigenvalue weighted by Gasteiger charge is 2.15. The summed E-state index contributed by atoms with van der Waals surface area (Å²) in [5, 5.41) is 11.3. The number of hydrogen-bond acceptors (Lipinski definition) is 6. The quantitative estimate of drug-likeness (QED) is 0.424. The molecule has 0 unspecified atom stereocenters. The van der Waals surface area contributed by atoms with E-state index in [9.17, 15) is 4.79 Å². The summed E-state index contributed by atoms with van der Waals surface area (Å²) in [6.45, 7) is 0.898. The normalized spacial score (nSPS) is 14.7. The van der Waals surface area contributed by atoms with Gasteiger partial charge in [-0.15, -0.1) is 5.10 Å². The number of thioether (sulfide) groups is 1. The largest absolute Gasteiger partial charge is 0.489 e. The summed E-state index contributed by atoms with van der Waals surface area (Å²) in [5.41, 5.74) is 2.94. The molecule has 0 radical (unpaired) electrons. The Morgan fingerprint density at radius 1 is 0.871 bits per heavy atom.